The Labute approximate surface area is 154 Å². The van der Waals surface area contributed by atoms with Gasteiger partial charge in [0.2, 0.25) is 5.91 Å². The Hall–Kier alpha value is -2.66. The quantitative estimate of drug-likeness (QED) is 0.842. The predicted molar refractivity (Wildman–Crippen MR) is 105 cm³/mol. The molecule has 1 aliphatic heterocycles. The molecule has 1 heterocycles. The summed E-state index contributed by atoms with van der Waals surface area (Å²) < 4.78 is 0. The van der Waals surface area contributed by atoms with E-state index in [9.17, 15) is 9.59 Å². The van der Waals surface area contributed by atoms with Crippen LogP contribution in [-0.2, 0) is 4.79 Å². The molecule has 0 aromatic heterocycles. The Morgan fingerprint density at radius 2 is 1.54 bits per heavy atom. The minimum Gasteiger partial charge on any atom is -0.369 e. The number of amides is 1. The Bertz CT molecular complexity index is 761. The first-order valence-electron chi connectivity index (χ1n) is 8.96. The average Bonchev–Trinajstić information content (AvgIpc) is 2.64. The van der Waals surface area contributed by atoms with Crippen LogP contribution < -0.4 is 10.2 Å². The average molecular weight is 351 g/mol. The van der Waals surface area contributed by atoms with Crippen molar-refractivity contribution >= 4 is 23.1 Å². The normalized spacial score (nSPS) is 14.9. The van der Waals surface area contributed by atoms with Crippen LogP contribution in [0.15, 0.2) is 48.5 Å². The molecule has 0 radical (unpaired) electrons. The van der Waals surface area contributed by atoms with Crippen LogP contribution in [0.2, 0.25) is 0 Å². The van der Waals surface area contributed by atoms with E-state index in [2.05, 4.69) is 15.1 Å². The molecule has 0 atom stereocenters. The third kappa shape index (κ3) is 4.70. The van der Waals surface area contributed by atoms with E-state index in [1.54, 1.807) is 6.92 Å². The van der Waals surface area contributed by atoms with Crippen molar-refractivity contribution in [3.8, 4) is 0 Å². The zero-order valence-corrected chi connectivity index (χ0v) is 15.4. The number of aryl methyl sites for hydroxylation is 1. The topological polar surface area (TPSA) is 52.7 Å². The molecule has 1 saturated heterocycles. The first-order chi connectivity index (χ1) is 12.5. The molecule has 0 spiro atoms. The molecule has 0 unspecified atom stereocenters. The van der Waals surface area contributed by atoms with Crippen LogP contribution >= 0.6 is 0 Å². The predicted octanol–water partition coefficient (Wildman–Crippen LogP) is 2.96. The van der Waals surface area contributed by atoms with Gasteiger partial charge in [0, 0.05) is 43.1 Å². The molecule has 5 heteroatoms. The monoisotopic (exact) mass is 351 g/mol. The molecule has 26 heavy (non-hydrogen) atoms. The summed E-state index contributed by atoms with van der Waals surface area (Å²) in [5, 5.41) is 2.95. The number of carbonyl (C=O) groups excluding carboxylic acids is 2. The second-order valence-electron chi connectivity index (χ2n) is 6.78. The number of ketones is 1. The lowest BCUT2D eigenvalue weighted by Gasteiger charge is -2.35. The number of piperazine rings is 1. The highest BCUT2D eigenvalue weighted by Crippen LogP contribution is 2.18. The van der Waals surface area contributed by atoms with Crippen molar-refractivity contribution in [1.29, 1.82) is 0 Å². The van der Waals surface area contributed by atoms with Gasteiger partial charge in [-0.15, -0.1) is 0 Å². The number of anilines is 2. The number of benzene rings is 2. The molecular formula is C21H25N3O2. The van der Waals surface area contributed by atoms with Crippen LogP contribution in [0.3, 0.4) is 0 Å². The zero-order chi connectivity index (χ0) is 18.5. The molecule has 0 aliphatic carbocycles. The molecule has 1 fully saturated rings. The molecule has 5 nitrogen and oxygen atoms in total. The van der Waals surface area contributed by atoms with Gasteiger partial charge in [-0.2, -0.15) is 0 Å². The van der Waals surface area contributed by atoms with E-state index in [0.29, 0.717) is 6.54 Å². The second kappa shape index (κ2) is 8.15. The number of hydrogen-bond acceptors (Lipinski definition) is 4. The van der Waals surface area contributed by atoms with Gasteiger partial charge in [0.1, 0.15) is 0 Å². The summed E-state index contributed by atoms with van der Waals surface area (Å²) >= 11 is 0. The zero-order valence-electron chi connectivity index (χ0n) is 15.4. The van der Waals surface area contributed by atoms with Crippen LogP contribution in [0.4, 0.5) is 11.4 Å². The molecular weight excluding hydrogens is 326 g/mol. The van der Waals surface area contributed by atoms with Gasteiger partial charge >= 0.3 is 0 Å². The summed E-state index contributed by atoms with van der Waals surface area (Å²) in [6.45, 7) is 7.44. The summed E-state index contributed by atoms with van der Waals surface area (Å²) in [6.07, 6.45) is 0. The van der Waals surface area contributed by atoms with Crippen molar-refractivity contribution in [3.05, 3.63) is 59.7 Å². The van der Waals surface area contributed by atoms with Gasteiger partial charge in [0.25, 0.3) is 0 Å². The van der Waals surface area contributed by atoms with E-state index in [4.69, 9.17) is 0 Å². The number of hydrogen-bond donors (Lipinski definition) is 1. The van der Waals surface area contributed by atoms with Crippen molar-refractivity contribution < 1.29 is 9.59 Å². The summed E-state index contributed by atoms with van der Waals surface area (Å²) in [5.41, 5.74) is 3.87. The first-order valence-corrected chi connectivity index (χ1v) is 8.96. The Morgan fingerprint density at radius 1 is 0.923 bits per heavy atom. The van der Waals surface area contributed by atoms with Crippen LogP contribution in [-0.4, -0.2) is 49.3 Å². The van der Waals surface area contributed by atoms with Gasteiger partial charge in [-0.05, 0) is 50.2 Å². The largest absolute Gasteiger partial charge is 0.369 e. The summed E-state index contributed by atoms with van der Waals surface area (Å²) in [6, 6.07) is 15.6. The van der Waals surface area contributed by atoms with Gasteiger partial charge in [-0.3, -0.25) is 14.5 Å². The lowest BCUT2D eigenvalue weighted by molar-refractivity contribution is -0.117. The lowest BCUT2D eigenvalue weighted by atomic mass is 10.1. The van der Waals surface area contributed by atoms with Gasteiger partial charge in [-0.25, -0.2) is 0 Å². The summed E-state index contributed by atoms with van der Waals surface area (Å²) in [5.74, 6) is 0.106. The Kier molecular flexibility index (Phi) is 5.68. The number of nitrogens with one attached hydrogen (secondary N) is 1. The van der Waals surface area contributed by atoms with Gasteiger partial charge < -0.3 is 10.2 Å². The number of carbonyl (C=O) groups is 2. The maximum Gasteiger partial charge on any atom is 0.238 e. The standard InChI is InChI=1S/C21H25N3O2/c1-16-3-7-19(8-4-16)22-21(26)15-23-11-13-24(14-12-23)20-9-5-18(6-10-20)17(2)25/h3-10H,11-15H2,1-2H3,(H,22,26). The minimum atomic E-state index is 0.0214. The highest BCUT2D eigenvalue weighted by molar-refractivity contribution is 5.94. The smallest absolute Gasteiger partial charge is 0.238 e. The van der Waals surface area contributed by atoms with Crippen molar-refractivity contribution in [1.82, 2.24) is 4.90 Å². The number of nitrogens with zero attached hydrogens (tertiary/aromatic N) is 2. The minimum absolute atomic E-state index is 0.0214. The second-order valence-corrected chi connectivity index (χ2v) is 6.78. The molecule has 1 N–H and O–H groups in total. The van der Waals surface area contributed by atoms with E-state index in [-0.39, 0.29) is 11.7 Å². The summed E-state index contributed by atoms with van der Waals surface area (Å²) in [7, 11) is 0. The molecule has 1 aliphatic rings. The van der Waals surface area contributed by atoms with Crippen molar-refractivity contribution in [2.45, 2.75) is 13.8 Å². The molecule has 3 rings (SSSR count). The fraction of sp³-hybridized carbons (Fsp3) is 0.333. The van der Waals surface area contributed by atoms with Crippen LogP contribution in [0.5, 0.6) is 0 Å². The molecule has 2 aromatic rings. The molecule has 1 amide bonds. The van der Waals surface area contributed by atoms with Crippen molar-refractivity contribution in [2.75, 3.05) is 42.9 Å². The van der Waals surface area contributed by atoms with Crippen LogP contribution in [0.1, 0.15) is 22.8 Å². The first kappa shape index (κ1) is 18.1. The molecule has 136 valence electrons. The maximum absolute atomic E-state index is 12.2. The van der Waals surface area contributed by atoms with E-state index in [0.717, 1.165) is 43.1 Å². The van der Waals surface area contributed by atoms with E-state index in [1.165, 1.54) is 5.56 Å². The third-order valence-electron chi connectivity index (χ3n) is 4.71. The fourth-order valence-electron chi connectivity index (χ4n) is 3.11. The fourth-order valence-corrected chi connectivity index (χ4v) is 3.11. The lowest BCUT2D eigenvalue weighted by Crippen LogP contribution is -2.48. The van der Waals surface area contributed by atoms with Gasteiger partial charge in [0.15, 0.2) is 5.78 Å². The van der Waals surface area contributed by atoms with E-state index in [1.807, 2.05) is 55.5 Å². The maximum atomic E-state index is 12.2. The van der Waals surface area contributed by atoms with Crippen LogP contribution in [0, 0.1) is 6.92 Å². The molecule has 0 bridgehead atoms. The van der Waals surface area contributed by atoms with Crippen molar-refractivity contribution in [2.24, 2.45) is 0 Å². The highest BCUT2D eigenvalue weighted by Gasteiger charge is 2.19. The van der Waals surface area contributed by atoms with Gasteiger partial charge in [-0.1, -0.05) is 17.7 Å². The molecule has 0 saturated carbocycles. The number of rotatable bonds is 5. The number of Topliss-reactive ketones (excluding diaryl/α,β-unsaturated/α-hetero) is 1. The summed E-state index contributed by atoms with van der Waals surface area (Å²) in [4.78, 5) is 28.0. The Morgan fingerprint density at radius 3 is 2.12 bits per heavy atom. The van der Waals surface area contributed by atoms with E-state index < -0.39 is 0 Å². The van der Waals surface area contributed by atoms with E-state index >= 15 is 0 Å². The van der Waals surface area contributed by atoms with Gasteiger partial charge in [0.05, 0.1) is 6.54 Å². The third-order valence-corrected chi connectivity index (χ3v) is 4.71. The Balaban J connectivity index is 1.48. The van der Waals surface area contributed by atoms with Crippen LogP contribution in [0.25, 0.3) is 0 Å². The van der Waals surface area contributed by atoms with Crippen molar-refractivity contribution in [3.63, 3.8) is 0 Å². The SMILES string of the molecule is CC(=O)c1ccc(N2CCN(CC(=O)Nc3ccc(C)cc3)CC2)cc1. The molecule has 2 aromatic carbocycles. The highest BCUT2D eigenvalue weighted by atomic mass is 16.2.